The second-order valence-electron chi connectivity index (χ2n) is 3.58. The Balaban J connectivity index is 2.86. The summed E-state index contributed by atoms with van der Waals surface area (Å²) in [5, 5.41) is 3.10. The van der Waals surface area contributed by atoms with Crippen LogP contribution >= 0.6 is 0 Å². The summed E-state index contributed by atoms with van der Waals surface area (Å²) in [7, 11) is -0.485. The quantitative estimate of drug-likeness (QED) is 0.625. The van der Waals surface area contributed by atoms with Crippen LogP contribution < -0.4 is 10.4 Å². The molecule has 0 bridgehead atoms. The first-order valence-corrected chi connectivity index (χ1v) is 9.32. The average molecular weight is 192 g/mol. The lowest BCUT2D eigenvalue weighted by atomic mass is 10.4. The predicted octanol–water partition coefficient (Wildman–Crippen LogP) is 1.61. The Kier molecular flexibility index (Phi) is 3.29. The SMILES string of the molecule is C[Si](C)c1ccc([Si](C)C)cc1. The Hall–Kier alpha value is -0.346. The van der Waals surface area contributed by atoms with Gasteiger partial charge in [0.05, 0.1) is 17.6 Å². The number of hydrogen-bond acceptors (Lipinski definition) is 0. The van der Waals surface area contributed by atoms with Crippen molar-refractivity contribution in [1.29, 1.82) is 0 Å². The Bertz CT molecular complexity index is 210. The molecule has 0 aliphatic heterocycles. The molecule has 0 heterocycles. The predicted molar refractivity (Wildman–Crippen MR) is 60.7 cm³/mol. The van der Waals surface area contributed by atoms with Crippen LogP contribution in [0.5, 0.6) is 0 Å². The molecule has 12 heavy (non-hydrogen) atoms. The molecule has 0 saturated heterocycles. The molecule has 0 fully saturated rings. The number of benzene rings is 1. The number of rotatable bonds is 2. The maximum Gasteiger partial charge on any atom is 0.0791 e. The van der Waals surface area contributed by atoms with Gasteiger partial charge in [0.2, 0.25) is 0 Å². The van der Waals surface area contributed by atoms with Gasteiger partial charge in [0.25, 0.3) is 0 Å². The summed E-state index contributed by atoms with van der Waals surface area (Å²) in [6.45, 7) is 9.35. The highest BCUT2D eigenvalue weighted by molar-refractivity contribution is 6.72. The Morgan fingerprint density at radius 1 is 0.667 bits per heavy atom. The molecule has 1 aromatic carbocycles. The van der Waals surface area contributed by atoms with Crippen molar-refractivity contribution in [2.24, 2.45) is 0 Å². The lowest BCUT2D eigenvalue weighted by Gasteiger charge is -2.06. The van der Waals surface area contributed by atoms with Gasteiger partial charge in [-0.05, 0) is 0 Å². The minimum atomic E-state index is -0.243. The van der Waals surface area contributed by atoms with E-state index >= 15 is 0 Å². The first kappa shape index (κ1) is 9.74. The van der Waals surface area contributed by atoms with Crippen LogP contribution in [-0.4, -0.2) is 17.6 Å². The molecule has 0 unspecified atom stereocenters. The highest BCUT2D eigenvalue weighted by Gasteiger charge is 2.02. The largest absolute Gasteiger partial charge is 0.0791 e. The van der Waals surface area contributed by atoms with Gasteiger partial charge in [-0.2, -0.15) is 0 Å². The van der Waals surface area contributed by atoms with Crippen molar-refractivity contribution in [2.75, 3.05) is 0 Å². The van der Waals surface area contributed by atoms with Gasteiger partial charge in [-0.1, -0.05) is 60.8 Å². The van der Waals surface area contributed by atoms with E-state index in [0.29, 0.717) is 0 Å². The van der Waals surface area contributed by atoms with E-state index in [-0.39, 0.29) is 17.6 Å². The molecule has 0 aliphatic rings. The molecular formula is C10H16Si2. The van der Waals surface area contributed by atoms with Gasteiger partial charge in [0.15, 0.2) is 0 Å². The Morgan fingerprint density at radius 3 is 1.08 bits per heavy atom. The van der Waals surface area contributed by atoms with Gasteiger partial charge < -0.3 is 0 Å². The second-order valence-corrected chi connectivity index (χ2v) is 8.73. The van der Waals surface area contributed by atoms with Gasteiger partial charge in [-0.3, -0.25) is 0 Å². The van der Waals surface area contributed by atoms with E-state index in [0.717, 1.165) is 0 Å². The molecule has 2 radical (unpaired) electrons. The van der Waals surface area contributed by atoms with Crippen molar-refractivity contribution in [3.63, 3.8) is 0 Å². The van der Waals surface area contributed by atoms with E-state index in [1.807, 2.05) is 0 Å². The lowest BCUT2D eigenvalue weighted by molar-refractivity contribution is 1.77. The minimum absolute atomic E-state index is 0.243. The van der Waals surface area contributed by atoms with E-state index < -0.39 is 0 Å². The maximum absolute atomic E-state index is 2.34. The summed E-state index contributed by atoms with van der Waals surface area (Å²) >= 11 is 0. The molecule has 0 amide bonds. The van der Waals surface area contributed by atoms with E-state index in [2.05, 4.69) is 50.5 Å². The fourth-order valence-electron chi connectivity index (χ4n) is 1.14. The molecular weight excluding hydrogens is 176 g/mol. The molecule has 0 nitrogen and oxygen atoms in total. The van der Waals surface area contributed by atoms with Gasteiger partial charge in [-0.25, -0.2) is 0 Å². The van der Waals surface area contributed by atoms with Crippen molar-refractivity contribution in [3.8, 4) is 0 Å². The molecule has 0 aliphatic carbocycles. The van der Waals surface area contributed by atoms with Gasteiger partial charge in [-0.15, -0.1) is 0 Å². The summed E-state index contributed by atoms with van der Waals surface area (Å²) in [5.41, 5.74) is 0. The normalized spacial score (nSPS) is 11.2. The molecule has 1 rings (SSSR count). The third-order valence-corrected chi connectivity index (χ3v) is 5.02. The van der Waals surface area contributed by atoms with Crippen LogP contribution in [0.1, 0.15) is 0 Å². The second kappa shape index (κ2) is 4.05. The molecule has 0 atom stereocenters. The summed E-state index contributed by atoms with van der Waals surface area (Å²) in [6.07, 6.45) is 0. The topological polar surface area (TPSA) is 0 Å². The van der Waals surface area contributed by atoms with Gasteiger partial charge in [0, 0.05) is 0 Å². The molecule has 64 valence electrons. The van der Waals surface area contributed by atoms with E-state index in [9.17, 15) is 0 Å². The third kappa shape index (κ3) is 2.32. The van der Waals surface area contributed by atoms with Crippen LogP contribution in [0.2, 0.25) is 26.2 Å². The van der Waals surface area contributed by atoms with Crippen molar-refractivity contribution in [1.82, 2.24) is 0 Å². The van der Waals surface area contributed by atoms with Crippen LogP contribution in [0.15, 0.2) is 24.3 Å². The standard InChI is InChI=1S/C10H16Si2/c1-11(2)9-5-7-10(8-6-9)12(3)4/h5-8H,1-4H3. The zero-order valence-corrected chi connectivity index (χ0v) is 10.3. The van der Waals surface area contributed by atoms with Crippen LogP contribution in [0.25, 0.3) is 0 Å². The maximum atomic E-state index is 2.34. The van der Waals surface area contributed by atoms with Gasteiger partial charge in [0.1, 0.15) is 0 Å². The molecule has 0 spiro atoms. The van der Waals surface area contributed by atoms with Crippen LogP contribution in [0, 0.1) is 0 Å². The van der Waals surface area contributed by atoms with Crippen molar-refractivity contribution in [3.05, 3.63) is 24.3 Å². The molecule has 0 aromatic heterocycles. The highest BCUT2D eigenvalue weighted by atomic mass is 28.3. The zero-order chi connectivity index (χ0) is 9.14. The van der Waals surface area contributed by atoms with Crippen LogP contribution in [0.3, 0.4) is 0 Å². The van der Waals surface area contributed by atoms with E-state index in [4.69, 9.17) is 0 Å². The lowest BCUT2D eigenvalue weighted by Crippen LogP contribution is -2.28. The Labute approximate surface area is 78.8 Å². The first-order valence-electron chi connectivity index (χ1n) is 4.32. The fraction of sp³-hybridized carbons (Fsp3) is 0.400. The summed E-state index contributed by atoms with van der Waals surface area (Å²) in [6, 6.07) is 9.23. The molecule has 2 heteroatoms. The average Bonchev–Trinajstić information content (AvgIpc) is 2.04. The van der Waals surface area contributed by atoms with E-state index in [1.54, 1.807) is 10.4 Å². The Morgan fingerprint density at radius 2 is 0.917 bits per heavy atom. The van der Waals surface area contributed by atoms with Gasteiger partial charge >= 0.3 is 0 Å². The smallest absolute Gasteiger partial charge is 0.0671 e. The van der Waals surface area contributed by atoms with Crippen molar-refractivity contribution in [2.45, 2.75) is 26.2 Å². The zero-order valence-electron chi connectivity index (χ0n) is 8.31. The van der Waals surface area contributed by atoms with Crippen molar-refractivity contribution >= 4 is 28.0 Å². The van der Waals surface area contributed by atoms with E-state index in [1.165, 1.54) is 0 Å². The summed E-state index contributed by atoms with van der Waals surface area (Å²) in [4.78, 5) is 0. The third-order valence-electron chi connectivity index (χ3n) is 2.04. The summed E-state index contributed by atoms with van der Waals surface area (Å²) in [5.74, 6) is 0. The highest BCUT2D eigenvalue weighted by Crippen LogP contribution is 1.89. The monoisotopic (exact) mass is 192 g/mol. The summed E-state index contributed by atoms with van der Waals surface area (Å²) < 4.78 is 0. The molecule has 0 N–H and O–H groups in total. The first-order chi connectivity index (χ1) is 5.61. The number of hydrogen-bond donors (Lipinski definition) is 0. The minimum Gasteiger partial charge on any atom is -0.0671 e. The van der Waals surface area contributed by atoms with Crippen molar-refractivity contribution < 1.29 is 0 Å². The molecule has 0 saturated carbocycles. The van der Waals surface area contributed by atoms with Crippen LogP contribution in [0.4, 0.5) is 0 Å². The van der Waals surface area contributed by atoms with Crippen LogP contribution in [-0.2, 0) is 0 Å². The fourth-order valence-corrected chi connectivity index (χ4v) is 2.80. The molecule has 1 aromatic rings.